The van der Waals surface area contributed by atoms with Gasteiger partial charge in [-0.3, -0.25) is 14.6 Å². The first-order valence-corrected chi connectivity index (χ1v) is 9.70. The highest BCUT2D eigenvalue weighted by atomic mass is 32.1. The molecule has 0 aromatic carbocycles. The van der Waals surface area contributed by atoms with Gasteiger partial charge < -0.3 is 0 Å². The van der Waals surface area contributed by atoms with Crippen molar-refractivity contribution in [3.05, 3.63) is 49.5 Å². The molecule has 0 amide bonds. The van der Waals surface area contributed by atoms with Crippen LogP contribution in [0.2, 0.25) is 0 Å². The van der Waals surface area contributed by atoms with Gasteiger partial charge in [-0.05, 0) is 18.4 Å². The molecule has 3 aromatic rings. The van der Waals surface area contributed by atoms with Gasteiger partial charge in [-0.25, -0.2) is 4.98 Å². The van der Waals surface area contributed by atoms with Crippen LogP contribution in [0.4, 0.5) is 0 Å². The zero-order valence-electron chi connectivity index (χ0n) is 13.5. The number of aromatic nitrogens is 3. The molecule has 1 fully saturated rings. The Morgan fingerprint density at radius 2 is 1.92 bits per heavy atom. The molecule has 1 saturated heterocycles. The van der Waals surface area contributed by atoms with Crippen LogP contribution in [0.1, 0.15) is 15.6 Å². The fraction of sp³-hybridized carbons (Fsp3) is 0.438. The summed E-state index contributed by atoms with van der Waals surface area (Å²) in [5.74, 6) is 0. The van der Waals surface area contributed by atoms with Crippen molar-refractivity contribution in [1.29, 1.82) is 0 Å². The average molecular weight is 361 g/mol. The van der Waals surface area contributed by atoms with Gasteiger partial charge >= 0.3 is 0 Å². The highest BCUT2D eigenvalue weighted by Crippen LogP contribution is 2.17. The Balaban J connectivity index is 1.38. The topological polar surface area (TPSA) is 53.7 Å². The maximum atomic E-state index is 11.9. The Hall–Kier alpha value is -1.61. The number of hydrogen-bond donors (Lipinski definition) is 0. The second-order valence-electron chi connectivity index (χ2n) is 6.06. The van der Waals surface area contributed by atoms with Gasteiger partial charge in [0.2, 0.25) is 4.96 Å². The maximum absolute atomic E-state index is 11.9. The lowest BCUT2D eigenvalue weighted by Gasteiger charge is -2.33. The van der Waals surface area contributed by atoms with Gasteiger partial charge in [-0.1, -0.05) is 17.4 Å². The van der Waals surface area contributed by atoms with Gasteiger partial charge in [0.05, 0.1) is 6.54 Å². The van der Waals surface area contributed by atoms with E-state index in [1.165, 1.54) is 26.8 Å². The van der Waals surface area contributed by atoms with Crippen LogP contribution in [0.3, 0.4) is 0 Å². The highest BCUT2D eigenvalue weighted by molar-refractivity contribution is 7.16. The molecule has 4 rings (SSSR count). The van der Waals surface area contributed by atoms with Crippen LogP contribution >= 0.6 is 22.7 Å². The number of nitrogens with zero attached hydrogens (tertiary/aromatic N) is 5. The van der Waals surface area contributed by atoms with Crippen LogP contribution in [0.15, 0.2) is 28.4 Å². The van der Waals surface area contributed by atoms with Crippen molar-refractivity contribution < 1.29 is 0 Å². The second-order valence-corrected chi connectivity index (χ2v) is 8.13. The smallest absolute Gasteiger partial charge is 0.275 e. The second kappa shape index (κ2) is 6.72. The fourth-order valence-electron chi connectivity index (χ4n) is 2.94. The summed E-state index contributed by atoms with van der Waals surface area (Å²) in [7, 11) is 0. The third-order valence-electron chi connectivity index (χ3n) is 4.20. The summed E-state index contributed by atoms with van der Waals surface area (Å²) >= 11 is 3.33. The van der Waals surface area contributed by atoms with E-state index in [-0.39, 0.29) is 5.56 Å². The Labute approximate surface area is 148 Å². The maximum Gasteiger partial charge on any atom is 0.275 e. The Morgan fingerprint density at radius 3 is 2.62 bits per heavy atom. The molecule has 126 valence electrons. The molecule has 6 nitrogen and oxygen atoms in total. The molecule has 3 aromatic heterocycles. The van der Waals surface area contributed by atoms with Crippen molar-refractivity contribution in [2.45, 2.75) is 20.0 Å². The van der Waals surface area contributed by atoms with Crippen molar-refractivity contribution in [1.82, 2.24) is 24.4 Å². The van der Waals surface area contributed by atoms with E-state index < -0.39 is 0 Å². The average Bonchev–Trinajstić information content (AvgIpc) is 3.19. The lowest BCUT2D eigenvalue weighted by molar-refractivity contribution is 0.122. The van der Waals surface area contributed by atoms with Crippen LogP contribution in [0, 0.1) is 6.92 Å². The molecule has 0 N–H and O–H groups in total. The van der Waals surface area contributed by atoms with E-state index in [2.05, 4.69) is 37.4 Å². The number of rotatable bonds is 4. The van der Waals surface area contributed by atoms with E-state index in [4.69, 9.17) is 0 Å². The monoisotopic (exact) mass is 361 g/mol. The van der Waals surface area contributed by atoms with Crippen molar-refractivity contribution in [3.8, 4) is 0 Å². The Morgan fingerprint density at radius 1 is 1.17 bits per heavy atom. The molecule has 0 unspecified atom stereocenters. The molecule has 0 bridgehead atoms. The number of hydrogen-bond acceptors (Lipinski definition) is 7. The highest BCUT2D eigenvalue weighted by Gasteiger charge is 2.19. The van der Waals surface area contributed by atoms with Gasteiger partial charge in [-0.15, -0.1) is 11.3 Å². The Bertz CT molecular complexity index is 878. The SMILES string of the molecule is Cc1cc(=O)n2nc(CN3CCN(Cc4cccs4)CC3)sc2n1. The zero-order valence-corrected chi connectivity index (χ0v) is 15.1. The first kappa shape index (κ1) is 15.9. The number of aryl methyl sites for hydroxylation is 1. The van der Waals surface area contributed by atoms with E-state index in [0.717, 1.165) is 50.0 Å². The van der Waals surface area contributed by atoms with Gasteiger partial charge in [0.15, 0.2) is 0 Å². The van der Waals surface area contributed by atoms with Crippen molar-refractivity contribution in [3.63, 3.8) is 0 Å². The van der Waals surface area contributed by atoms with E-state index >= 15 is 0 Å². The van der Waals surface area contributed by atoms with Crippen LogP contribution < -0.4 is 5.56 Å². The quantitative estimate of drug-likeness (QED) is 0.710. The first-order valence-electron chi connectivity index (χ1n) is 8.01. The van der Waals surface area contributed by atoms with Crippen molar-refractivity contribution in [2.75, 3.05) is 26.2 Å². The standard InChI is InChI=1S/C16H19N5OS2/c1-12-9-15(22)21-16(17-12)24-14(18-21)11-20-6-4-19(5-7-20)10-13-3-2-8-23-13/h2-3,8-9H,4-7,10-11H2,1H3. The molecular weight excluding hydrogens is 342 g/mol. The van der Waals surface area contributed by atoms with Crippen LogP contribution in [0.5, 0.6) is 0 Å². The minimum Gasteiger partial charge on any atom is -0.296 e. The summed E-state index contributed by atoms with van der Waals surface area (Å²) < 4.78 is 1.42. The summed E-state index contributed by atoms with van der Waals surface area (Å²) in [4.78, 5) is 23.4. The minimum absolute atomic E-state index is 0.0965. The fourth-order valence-corrected chi connectivity index (χ4v) is 4.68. The van der Waals surface area contributed by atoms with Crippen LogP contribution in [-0.2, 0) is 13.1 Å². The van der Waals surface area contributed by atoms with Gasteiger partial charge in [-0.2, -0.15) is 9.61 Å². The van der Waals surface area contributed by atoms with Crippen molar-refractivity contribution in [2.24, 2.45) is 0 Å². The molecule has 0 saturated carbocycles. The number of fused-ring (bicyclic) bond motifs is 1. The van der Waals surface area contributed by atoms with Crippen LogP contribution in [-0.4, -0.2) is 50.6 Å². The third-order valence-corrected chi connectivity index (χ3v) is 5.95. The van der Waals surface area contributed by atoms with E-state index in [1.54, 1.807) is 0 Å². The molecular formula is C16H19N5OS2. The first-order chi connectivity index (χ1) is 11.7. The predicted molar refractivity (Wildman–Crippen MR) is 96.7 cm³/mol. The van der Waals surface area contributed by atoms with Gasteiger partial charge in [0.25, 0.3) is 5.56 Å². The largest absolute Gasteiger partial charge is 0.296 e. The van der Waals surface area contributed by atoms with Gasteiger partial charge in [0.1, 0.15) is 5.01 Å². The number of piperazine rings is 1. The molecule has 0 spiro atoms. The molecule has 0 aliphatic carbocycles. The normalized spacial score (nSPS) is 16.9. The Kier molecular flexibility index (Phi) is 4.45. The van der Waals surface area contributed by atoms with Crippen LogP contribution in [0.25, 0.3) is 4.96 Å². The zero-order chi connectivity index (χ0) is 16.5. The summed E-state index contributed by atoms with van der Waals surface area (Å²) in [5.41, 5.74) is 0.651. The molecule has 4 heterocycles. The lowest BCUT2D eigenvalue weighted by Crippen LogP contribution is -2.45. The van der Waals surface area contributed by atoms with Gasteiger partial charge in [0, 0.05) is 49.4 Å². The lowest BCUT2D eigenvalue weighted by atomic mass is 10.3. The van der Waals surface area contributed by atoms with E-state index in [9.17, 15) is 4.79 Å². The van der Waals surface area contributed by atoms with Crippen molar-refractivity contribution >= 4 is 27.6 Å². The number of thiophene rings is 1. The summed E-state index contributed by atoms with van der Waals surface area (Å²) in [5, 5.41) is 7.52. The molecule has 1 aliphatic heterocycles. The molecule has 1 aliphatic rings. The molecule has 24 heavy (non-hydrogen) atoms. The molecule has 0 atom stereocenters. The molecule has 0 radical (unpaired) electrons. The summed E-state index contributed by atoms with van der Waals surface area (Å²) in [6.45, 7) is 7.88. The van der Waals surface area contributed by atoms with E-state index in [1.807, 2.05) is 18.3 Å². The summed E-state index contributed by atoms with van der Waals surface area (Å²) in [6, 6.07) is 5.84. The molecule has 8 heteroatoms. The third kappa shape index (κ3) is 3.41. The summed E-state index contributed by atoms with van der Waals surface area (Å²) in [6.07, 6.45) is 0. The minimum atomic E-state index is -0.0965. The van der Waals surface area contributed by atoms with E-state index in [0.29, 0.717) is 4.96 Å². The predicted octanol–water partition coefficient (Wildman–Crippen LogP) is 1.84.